The van der Waals surface area contributed by atoms with Crippen molar-refractivity contribution in [3.8, 4) is 0 Å². The SMILES string of the molecule is CCCC(C)N(C=O)c1ccc2oc(C3NC(=O)N(COC(=O)C(C)(C)C)C3=O)cc2n1. The van der Waals surface area contributed by atoms with Crippen molar-refractivity contribution < 1.29 is 28.3 Å². The predicted octanol–water partition coefficient (Wildman–Crippen LogP) is 3.12. The van der Waals surface area contributed by atoms with Crippen LogP contribution >= 0.6 is 0 Å². The zero-order chi connectivity index (χ0) is 23.6. The molecule has 1 fully saturated rings. The van der Waals surface area contributed by atoms with Gasteiger partial charge in [0.15, 0.2) is 18.4 Å². The van der Waals surface area contributed by atoms with Crippen molar-refractivity contribution in [1.82, 2.24) is 15.2 Å². The maximum atomic E-state index is 12.8. The number of hydrogen-bond donors (Lipinski definition) is 1. The number of carbonyl (C=O) groups excluding carboxylic acids is 4. The Morgan fingerprint density at radius 2 is 2.09 bits per heavy atom. The van der Waals surface area contributed by atoms with E-state index >= 15 is 0 Å². The van der Waals surface area contributed by atoms with Crippen LogP contribution in [0.4, 0.5) is 10.6 Å². The van der Waals surface area contributed by atoms with E-state index < -0.39 is 36.1 Å². The van der Waals surface area contributed by atoms with Crippen molar-refractivity contribution in [2.75, 3.05) is 11.6 Å². The molecule has 2 aromatic heterocycles. The van der Waals surface area contributed by atoms with Crippen molar-refractivity contribution in [2.24, 2.45) is 5.41 Å². The summed E-state index contributed by atoms with van der Waals surface area (Å²) < 4.78 is 10.8. The lowest BCUT2D eigenvalue weighted by atomic mass is 9.98. The summed E-state index contributed by atoms with van der Waals surface area (Å²) in [5.41, 5.74) is 0.107. The fourth-order valence-corrected chi connectivity index (χ4v) is 3.33. The number of nitrogens with zero attached hydrogens (tertiary/aromatic N) is 3. The van der Waals surface area contributed by atoms with E-state index in [2.05, 4.69) is 10.3 Å². The van der Waals surface area contributed by atoms with E-state index in [1.165, 1.54) is 0 Å². The molecule has 3 rings (SSSR count). The van der Waals surface area contributed by atoms with E-state index in [9.17, 15) is 19.2 Å². The fraction of sp³-hybridized carbons (Fsp3) is 0.500. The lowest BCUT2D eigenvalue weighted by Gasteiger charge is -2.23. The highest BCUT2D eigenvalue weighted by molar-refractivity contribution is 6.04. The van der Waals surface area contributed by atoms with Crippen molar-refractivity contribution in [1.29, 1.82) is 0 Å². The molecule has 1 aliphatic heterocycles. The predicted molar refractivity (Wildman–Crippen MR) is 115 cm³/mol. The van der Waals surface area contributed by atoms with E-state index in [-0.39, 0.29) is 11.8 Å². The van der Waals surface area contributed by atoms with Gasteiger partial charge in [-0.2, -0.15) is 0 Å². The number of pyridine rings is 1. The Hall–Kier alpha value is -3.43. The van der Waals surface area contributed by atoms with Gasteiger partial charge in [-0.1, -0.05) is 13.3 Å². The van der Waals surface area contributed by atoms with Gasteiger partial charge >= 0.3 is 12.0 Å². The molecule has 0 radical (unpaired) electrons. The fourth-order valence-electron chi connectivity index (χ4n) is 3.33. The first-order chi connectivity index (χ1) is 15.1. The van der Waals surface area contributed by atoms with Gasteiger partial charge in [0.1, 0.15) is 17.1 Å². The molecule has 2 unspecified atom stereocenters. The van der Waals surface area contributed by atoms with Crippen molar-refractivity contribution >= 4 is 41.2 Å². The number of carbonyl (C=O) groups is 4. The quantitative estimate of drug-likeness (QED) is 0.377. The summed E-state index contributed by atoms with van der Waals surface area (Å²) in [6, 6.07) is 3.13. The van der Waals surface area contributed by atoms with Gasteiger partial charge in [0.25, 0.3) is 5.91 Å². The molecule has 1 aliphatic rings. The topological polar surface area (TPSA) is 122 Å². The molecule has 0 aromatic carbocycles. The molecule has 0 aliphatic carbocycles. The lowest BCUT2D eigenvalue weighted by molar-refractivity contribution is -0.158. The van der Waals surface area contributed by atoms with Crippen LogP contribution in [0.15, 0.2) is 22.6 Å². The first-order valence-corrected chi connectivity index (χ1v) is 10.5. The number of nitrogens with one attached hydrogen (secondary N) is 1. The molecule has 2 atom stereocenters. The highest BCUT2D eigenvalue weighted by Gasteiger charge is 2.42. The maximum Gasteiger partial charge on any atom is 0.327 e. The van der Waals surface area contributed by atoms with Crippen LogP contribution in [0.25, 0.3) is 11.1 Å². The molecule has 4 amide bonds. The van der Waals surface area contributed by atoms with Gasteiger partial charge in [-0.3, -0.25) is 19.3 Å². The van der Waals surface area contributed by atoms with Crippen molar-refractivity contribution in [3.05, 3.63) is 24.0 Å². The summed E-state index contributed by atoms with van der Waals surface area (Å²) in [6.45, 7) is 8.53. The van der Waals surface area contributed by atoms with Crippen molar-refractivity contribution in [2.45, 2.75) is 59.5 Å². The summed E-state index contributed by atoms with van der Waals surface area (Å²) >= 11 is 0. The number of hydrogen-bond acceptors (Lipinski definition) is 7. The third-order valence-electron chi connectivity index (χ3n) is 5.19. The zero-order valence-electron chi connectivity index (χ0n) is 18.9. The van der Waals surface area contributed by atoms with Crippen LogP contribution in [0.5, 0.6) is 0 Å². The van der Waals surface area contributed by atoms with Gasteiger partial charge in [0.2, 0.25) is 6.41 Å². The van der Waals surface area contributed by atoms with Crippen LogP contribution in [0.1, 0.15) is 59.3 Å². The molecule has 2 aromatic rings. The van der Waals surface area contributed by atoms with Crippen molar-refractivity contribution in [3.63, 3.8) is 0 Å². The van der Waals surface area contributed by atoms with Crippen LogP contribution in [0.2, 0.25) is 0 Å². The van der Waals surface area contributed by atoms with Gasteiger partial charge < -0.3 is 14.5 Å². The average molecular weight is 444 g/mol. The van der Waals surface area contributed by atoms with Gasteiger partial charge in [-0.25, -0.2) is 14.7 Å². The van der Waals surface area contributed by atoms with Gasteiger partial charge in [0, 0.05) is 12.1 Å². The van der Waals surface area contributed by atoms with E-state index in [1.54, 1.807) is 43.9 Å². The monoisotopic (exact) mass is 444 g/mol. The molecule has 10 heteroatoms. The van der Waals surface area contributed by atoms with E-state index in [4.69, 9.17) is 9.15 Å². The normalized spacial score (nSPS) is 17.4. The molecule has 0 spiro atoms. The number of rotatable bonds is 8. The summed E-state index contributed by atoms with van der Waals surface area (Å²) in [5.74, 6) is -0.452. The van der Waals surface area contributed by atoms with Gasteiger partial charge in [-0.15, -0.1) is 0 Å². The Bertz CT molecular complexity index is 1040. The molecule has 3 heterocycles. The number of imide groups is 1. The standard InChI is InChI=1S/C22H28N4O6/c1-6-7-13(2)25(11-27)17-9-8-15-14(23-17)10-16(32-15)18-19(28)26(21(30)24-18)12-31-20(29)22(3,4)5/h8-11,13,18H,6-7,12H2,1-5H3,(H,24,30). The van der Waals surface area contributed by atoms with Crippen LogP contribution in [0.3, 0.4) is 0 Å². The number of amides is 4. The smallest absolute Gasteiger partial charge is 0.327 e. The first-order valence-electron chi connectivity index (χ1n) is 10.5. The van der Waals surface area contributed by atoms with Crippen LogP contribution in [-0.2, 0) is 19.1 Å². The minimum atomic E-state index is -1.06. The number of urea groups is 1. The minimum Gasteiger partial charge on any atom is -0.457 e. The zero-order valence-corrected chi connectivity index (χ0v) is 18.9. The van der Waals surface area contributed by atoms with Crippen LogP contribution in [0, 0.1) is 5.41 Å². The number of ether oxygens (including phenoxy) is 1. The Kier molecular flexibility index (Phi) is 6.52. The maximum absolute atomic E-state index is 12.8. The Morgan fingerprint density at radius 1 is 1.38 bits per heavy atom. The molecular weight excluding hydrogens is 416 g/mol. The molecule has 0 saturated carbocycles. The lowest BCUT2D eigenvalue weighted by Crippen LogP contribution is -2.36. The average Bonchev–Trinajstić information content (AvgIpc) is 3.26. The first kappa shape index (κ1) is 23.2. The van der Waals surface area contributed by atoms with Gasteiger partial charge in [-0.05, 0) is 46.2 Å². The largest absolute Gasteiger partial charge is 0.457 e. The third-order valence-corrected chi connectivity index (χ3v) is 5.19. The summed E-state index contributed by atoms with van der Waals surface area (Å²) in [5, 5.41) is 2.54. The summed E-state index contributed by atoms with van der Waals surface area (Å²) in [7, 11) is 0. The minimum absolute atomic E-state index is 0.0195. The van der Waals surface area contributed by atoms with Crippen LogP contribution < -0.4 is 10.2 Å². The van der Waals surface area contributed by atoms with E-state index in [0.29, 0.717) is 16.9 Å². The van der Waals surface area contributed by atoms with E-state index in [1.807, 2.05) is 13.8 Å². The van der Waals surface area contributed by atoms with E-state index in [0.717, 1.165) is 24.2 Å². The molecular formula is C22H28N4O6. The number of anilines is 1. The third kappa shape index (κ3) is 4.58. The Morgan fingerprint density at radius 3 is 2.72 bits per heavy atom. The van der Waals surface area contributed by atoms with Crippen LogP contribution in [-0.4, -0.2) is 47.0 Å². The molecule has 0 bridgehead atoms. The summed E-state index contributed by atoms with van der Waals surface area (Å²) in [6.07, 6.45) is 2.49. The highest BCUT2D eigenvalue weighted by atomic mass is 16.5. The second-order valence-electron chi connectivity index (χ2n) is 8.81. The molecule has 32 heavy (non-hydrogen) atoms. The molecule has 1 N–H and O–H groups in total. The Balaban J connectivity index is 1.79. The second kappa shape index (κ2) is 8.97. The highest BCUT2D eigenvalue weighted by Crippen LogP contribution is 2.29. The van der Waals surface area contributed by atoms with Gasteiger partial charge in [0.05, 0.1) is 5.41 Å². The number of aromatic nitrogens is 1. The number of fused-ring (bicyclic) bond motifs is 1. The molecule has 1 saturated heterocycles. The summed E-state index contributed by atoms with van der Waals surface area (Å²) in [4.78, 5) is 55.4. The second-order valence-corrected chi connectivity index (χ2v) is 8.81. The number of furan rings is 1. The Labute approximate surface area is 185 Å². The number of esters is 1. The molecule has 10 nitrogen and oxygen atoms in total. The molecule has 172 valence electrons.